The van der Waals surface area contributed by atoms with Crippen molar-refractivity contribution in [2.45, 2.75) is 52.4 Å². The molecule has 0 bridgehead atoms. The van der Waals surface area contributed by atoms with Crippen LogP contribution >= 0.6 is 0 Å². The zero-order valence-electron chi connectivity index (χ0n) is 10.0. The third kappa shape index (κ3) is 3.45. The number of Topliss-reactive ketones (excluding diaryl/α,β-unsaturated/α-hetero) is 1. The molecule has 0 aromatic carbocycles. The van der Waals surface area contributed by atoms with Gasteiger partial charge in [0.2, 0.25) is 0 Å². The highest BCUT2D eigenvalue weighted by Gasteiger charge is 2.28. The average molecular weight is 209 g/mol. The fourth-order valence-electron chi connectivity index (χ4n) is 1.93. The summed E-state index contributed by atoms with van der Waals surface area (Å²) in [5, 5.41) is 0. The van der Waals surface area contributed by atoms with Gasteiger partial charge in [-0.2, -0.15) is 0 Å². The van der Waals surface area contributed by atoms with E-state index in [1.807, 2.05) is 13.8 Å². The smallest absolute Gasteiger partial charge is 0.165 e. The highest BCUT2D eigenvalue weighted by molar-refractivity contribution is 5.99. The maximum Gasteiger partial charge on any atom is 0.165 e. The Morgan fingerprint density at radius 1 is 1.33 bits per heavy atom. The molecule has 2 heteroatoms. The van der Waals surface area contributed by atoms with Crippen molar-refractivity contribution in [3.8, 4) is 0 Å². The van der Waals surface area contributed by atoms with Crippen LogP contribution in [0.15, 0.2) is 11.6 Å². The summed E-state index contributed by atoms with van der Waals surface area (Å²) in [6.45, 7) is 4.31. The van der Waals surface area contributed by atoms with Crippen LogP contribution in [0.1, 0.15) is 52.4 Å². The zero-order valence-corrected chi connectivity index (χ0v) is 10.0. The number of ketones is 1. The van der Waals surface area contributed by atoms with E-state index in [1.54, 1.807) is 0 Å². The summed E-state index contributed by atoms with van der Waals surface area (Å²) in [5.74, 6) is 0.256. The zero-order chi connectivity index (χ0) is 11.3. The second-order valence-corrected chi connectivity index (χ2v) is 5.10. The first-order valence-corrected chi connectivity index (χ1v) is 6.02. The predicted molar refractivity (Wildman–Crippen MR) is 63.6 cm³/mol. The van der Waals surface area contributed by atoms with Crippen molar-refractivity contribution in [2.75, 3.05) is 6.54 Å². The number of carbonyl (C=O) groups is 1. The van der Waals surface area contributed by atoms with E-state index in [9.17, 15) is 4.79 Å². The predicted octanol–water partition coefficient (Wildman–Crippen LogP) is 2.82. The molecule has 0 amide bonds. The Morgan fingerprint density at radius 3 is 2.67 bits per heavy atom. The van der Waals surface area contributed by atoms with E-state index in [-0.39, 0.29) is 11.2 Å². The molecule has 0 aromatic heterocycles. The minimum atomic E-state index is -0.384. The Hall–Kier alpha value is -0.630. The summed E-state index contributed by atoms with van der Waals surface area (Å²) in [4.78, 5) is 12.2. The highest BCUT2D eigenvalue weighted by Crippen LogP contribution is 2.25. The number of hydrogen-bond donors (Lipinski definition) is 1. The van der Waals surface area contributed by atoms with Gasteiger partial charge < -0.3 is 5.73 Å². The van der Waals surface area contributed by atoms with E-state index >= 15 is 0 Å². The molecule has 0 unspecified atom stereocenters. The van der Waals surface area contributed by atoms with Crippen LogP contribution in [0.25, 0.3) is 0 Å². The third-order valence-corrected chi connectivity index (χ3v) is 3.21. The molecule has 1 aliphatic rings. The molecule has 0 aliphatic heterocycles. The van der Waals surface area contributed by atoms with Crippen LogP contribution in [0.4, 0.5) is 0 Å². The summed E-state index contributed by atoms with van der Waals surface area (Å²) >= 11 is 0. The van der Waals surface area contributed by atoms with Crippen LogP contribution in [0.3, 0.4) is 0 Å². The normalized spacial score (nSPS) is 22.5. The van der Waals surface area contributed by atoms with Gasteiger partial charge >= 0.3 is 0 Å². The summed E-state index contributed by atoms with van der Waals surface area (Å²) in [5.41, 5.74) is 6.27. The maximum atomic E-state index is 12.2. The largest absolute Gasteiger partial charge is 0.329 e. The number of hydrogen-bond acceptors (Lipinski definition) is 2. The second-order valence-electron chi connectivity index (χ2n) is 5.10. The van der Waals surface area contributed by atoms with Crippen molar-refractivity contribution in [3.63, 3.8) is 0 Å². The maximum absolute atomic E-state index is 12.2. The van der Waals surface area contributed by atoms with Gasteiger partial charge in [-0.3, -0.25) is 4.79 Å². The fourth-order valence-corrected chi connectivity index (χ4v) is 1.93. The lowest BCUT2D eigenvalue weighted by atomic mass is 9.81. The van der Waals surface area contributed by atoms with Crippen LogP contribution in [-0.4, -0.2) is 12.3 Å². The van der Waals surface area contributed by atoms with Gasteiger partial charge in [0, 0.05) is 12.0 Å². The van der Waals surface area contributed by atoms with Crippen LogP contribution in [0, 0.1) is 5.41 Å². The average Bonchev–Trinajstić information content (AvgIpc) is 2.16. The van der Waals surface area contributed by atoms with Crippen molar-refractivity contribution in [3.05, 3.63) is 11.6 Å². The fraction of sp³-hybridized carbons (Fsp3) is 0.769. The summed E-state index contributed by atoms with van der Waals surface area (Å²) in [6.07, 6.45) is 9.08. The minimum absolute atomic E-state index is 0.256. The van der Waals surface area contributed by atoms with Gasteiger partial charge in [-0.1, -0.05) is 32.8 Å². The molecular formula is C13H23NO. The van der Waals surface area contributed by atoms with E-state index < -0.39 is 0 Å². The number of carbonyl (C=O) groups excluding carboxylic acids is 1. The van der Waals surface area contributed by atoms with Crippen molar-refractivity contribution in [1.29, 1.82) is 0 Å². The summed E-state index contributed by atoms with van der Waals surface area (Å²) in [7, 11) is 0. The van der Waals surface area contributed by atoms with Crippen LogP contribution in [-0.2, 0) is 4.79 Å². The quantitative estimate of drug-likeness (QED) is 0.776. The number of rotatable bonds is 3. The van der Waals surface area contributed by atoms with Gasteiger partial charge in [0.25, 0.3) is 0 Å². The third-order valence-electron chi connectivity index (χ3n) is 3.21. The van der Waals surface area contributed by atoms with E-state index in [0.29, 0.717) is 6.54 Å². The van der Waals surface area contributed by atoms with Gasteiger partial charge in [0.05, 0.1) is 0 Å². The Labute approximate surface area is 92.9 Å². The van der Waals surface area contributed by atoms with Crippen LogP contribution in [0.5, 0.6) is 0 Å². The molecule has 0 aromatic rings. The topological polar surface area (TPSA) is 43.1 Å². The first-order valence-electron chi connectivity index (χ1n) is 6.02. The Bertz CT molecular complexity index is 253. The summed E-state index contributed by atoms with van der Waals surface area (Å²) in [6, 6.07) is 0. The van der Waals surface area contributed by atoms with Crippen molar-refractivity contribution < 1.29 is 4.79 Å². The Kier molecular flexibility index (Phi) is 4.52. The van der Waals surface area contributed by atoms with E-state index in [2.05, 4.69) is 6.08 Å². The minimum Gasteiger partial charge on any atom is -0.329 e. The molecule has 2 nitrogen and oxygen atoms in total. The van der Waals surface area contributed by atoms with Gasteiger partial charge in [-0.15, -0.1) is 0 Å². The van der Waals surface area contributed by atoms with Crippen molar-refractivity contribution >= 4 is 5.78 Å². The molecule has 0 spiro atoms. The van der Waals surface area contributed by atoms with Crippen LogP contribution in [0.2, 0.25) is 0 Å². The lowest BCUT2D eigenvalue weighted by Crippen LogP contribution is -2.33. The molecule has 2 N–H and O–H groups in total. The molecule has 0 saturated carbocycles. The standard InChI is InChI=1S/C13H23NO/c1-13(2,10-14)12(15)11-8-6-4-3-5-7-9-11/h8H,3-7,9-10,14H2,1-2H3/b11-8+. The van der Waals surface area contributed by atoms with E-state index in [1.165, 1.54) is 19.3 Å². The van der Waals surface area contributed by atoms with Gasteiger partial charge in [-0.05, 0) is 31.3 Å². The van der Waals surface area contributed by atoms with Gasteiger partial charge in [-0.25, -0.2) is 0 Å². The molecule has 0 fully saturated rings. The molecular weight excluding hydrogens is 186 g/mol. The van der Waals surface area contributed by atoms with E-state index in [4.69, 9.17) is 5.73 Å². The molecule has 0 atom stereocenters. The Balaban J connectivity index is 2.72. The lowest BCUT2D eigenvalue weighted by Gasteiger charge is -2.23. The second kappa shape index (κ2) is 5.45. The van der Waals surface area contributed by atoms with Crippen LogP contribution < -0.4 is 5.73 Å². The van der Waals surface area contributed by atoms with Crippen molar-refractivity contribution in [1.82, 2.24) is 0 Å². The molecule has 0 radical (unpaired) electrons. The van der Waals surface area contributed by atoms with Gasteiger partial charge in [0.15, 0.2) is 5.78 Å². The molecule has 0 heterocycles. The lowest BCUT2D eigenvalue weighted by molar-refractivity contribution is -0.123. The molecule has 86 valence electrons. The number of allylic oxidation sites excluding steroid dienone is 2. The Morgan fingerprint density at radius 2 is 2.00 bits per heavy atom. The molecule has 1 rings (SSSR count). The summed E-state index contributed by atoms with van der Waals surface area (Å²) < 4.78 is 0. The monoisotopic (exact) mass is 209 g/mol. The molecule has 1 aliphatic carbocycles. The first-order chi connectivity index (χ1) is 7.08. The molecule has 0 saturated heterocycles. The SMILES string of the molecule is CC(C)(CN)C(=O)/C1=C/CCCCCC1. The number of nitrogens with two attached hydrogens (primary N) is 1. The highest BCUT2D eigenvalue weighted by atomic mass is 16.1. The van der Waals surface area contributed by atoms with Gasteiger partial charge in [0.1, 0.15) is 0 Å². The molecule has 15 heavy (non-hydrogen) atoms. The first kappa shape index (κ1) is 12.4. The van der Waals surface area contributed by atoms with Crippen molar-refractivity contribution in [2.24, 2.45) is 11.1 Å². The van der Waals surface area contributed by atoms with E-state index in [0.717, 1.165) is 24.8 Å².